The van der Waals surface area contributed by atoms with E-state index >= 15 is 0 Å². The van der Waals surface area contributed by atoms with Crippen LogP contribution in [0.25, 0.3) is 0 Å². The van der Waals surface area contributed by atoms with E-state index in [4.69, 9.17) is 5.73 Å². The highest BCUT2D eigenvalue weighted by Crippen LogP contribution is 2.54. The maximum absolute atomic E-state index is 12.6. The molecular weight excluding hydrogens is 229 g/mol. The van der Waals surface area contributed by atoms with Gasteiger partial charge in [0.25, 0.3) is 5.72 Å². The van der Waals surface area contributed by atoms with Gasteiger partial charge in [-0.2, -0.15) is 13.2 Å². The van der Waals surface area contributed by atoms with Gasteiger partial charge in [0.1, 0.15) is 0 Å². The first-order valence-electron chi connectivity index (χ1n) is 4.60. The van der Waals surface area contributed by atoms with E-state index < -0.39 is 16.6 Å². The lowest BCUT2D eigenvalue weighted by Crippen LogP contribution is -2.55. The molecule has 1 aliphatic heterocycles. The van der Waals surface area contributed by atoms with Gasteiger partial charge in [0.05, 0.1) is 0 Å². The van der Waals surface area contributed by atoms with Crippen molar-refractivity contribution in [3.05, 3.63) is 0 Å². The molecule has 1 heterocycles. The number of hydrogen-bond donors (Lipinski definition) is 2. The lowest BCUT2D eigenvalue weighted by Gasteiger charge is -2.47. The quantitative estimate of drug-likeness (QED) is 0.676. The number of nitrogens with two attached hydrogens (primary N) is 1. The van der Waals surface area contributed by atoms with Crippen molar-refractivity contribution < 1.29 is 18.3 Å². The monoisotopic (exact) mass is 240 g/mol. The number of hydrogen-bond acceptors (Lipinski definition) is 4. The zero-order chi connectivity index (χ0) is 11.3. The molecule has 2 rings (SSSR count). The largest absolute Gasteiger partial charge is 0.438 e. The molecule has 0 amide bonds. The predicted molar refractivity (Wildman–Crippen MR) is 51.4 cm³/mol. The van der Waals surface area contributed by atoms with Gasteiger partial charge in [0.15, 0.2) is 5.17 Å². The number of rotatable bonds is 0. The number of aliphatic imine (C=N–C) groups is 1. The fourth-order valence-electron chi connectivity index (χ4n) is 1.97. The van der Waals surface area contributed by atoms with Gasteiger partial charge < -0.3 is 10.8 Å². The Morgan fingerprint density at radius 2 is 2.00 bits per heavy atom. The van der Waals surface area contributed by atoms with Crippen LogP contribution in [0.15, 0.2) is 4.99 Å². The van der Waals surface area contributed by atoms with Crippen LogP contribution in [0.1, 0.15) is 25.7 Å². The summed E-state index contributed by atoms with van der Waals surface area (Å²) in [5.41, 5.74) is 2.36. The minimum absolute atomic E-state index is 0.166. The highest BCUT2D eigenvalue weighted by Gasteiger charge is 2.61. The third kappa shape index (κ3) is 1.71. The predicted octanol–water partition coefficient (Wildman–Crippen LogP) is 1.61. The van der Waals surface area contributed by atoms with Gasteiger partial charge >= 0.3 is 6.18 Å². The third-order valence-corrected chi connectivity index (χ3v) is 4.19. The van der Waals surface area contributed by atoms with Crippen LogP contribution >= 0.6 is 11.8 Å². The average molecular weight is 240 g/mol. The molecule has 1 saturated carbocycles. The molecule has 1 spiro atoms. The van der Waals surface area contributed by atoms with Crippen LogP contribution in [0.3, 0.4) is 0 Å². The van der Waals surface area contributed by atoms with Crippen molar-refractivity contribution in [3.63, 3.8) is 0 Å². The van der Waals surface area contributed by atoms with Crippen molar-refractivity contribution in [2.24, 2.45) is 10.7 Å². The standard InChI is InChI=1S/C8H11F3N2OS/c9-8(10,11)7(14)4-6(2-1-3-6)15-5(12)13-7/h14H,1-4H2,(H2,12,13)/t7-/m0/s1. The molecular formula is C8H11F3N2OS. The van der Waals surface area contributed by atoms with Crippen molar-refractivity contribution in [1.82, 2.24) is 0 Å². The third-order valence-electron chi connectivity index (χ3n) is 2.90. The fourth-order valence-corrected chi connectivity index (χ4v) is 3.37. The SMILES string of the molecule is NC1=N[C@@](O)(C(F)(F)F)CC2(CCC2)S1. The molecule has 0 aromatic carbocycles. The molecule has 0 saturated heterocycles. The number of aliphatic hydroxyl groups is 1. The van der Waals surface area contributed by atoms with E-state index in [2.05, 4.69) is 4.99 Å². The molecule has 0 aromatic rings. The van der Waals surface area contributed by atoms with Crippen LogP contribution in [0, 0.1) is 0 Å². The molecule has 0 radical (unpaired) electrons. The number of nitrogens with zero attached hydrogens (tertiary/aromatic N) is 1. The molecule has 1 aliphatic carbocycles. The number of alkyl halides is 3. The Hall–Kier alpha value is -0.430. The summed E-state index contributed by atoms with van der Waals surface area (Å²) < 4.78 is 37.2. The highest BCUT2D eigenvalue weighted by atomic mass is 32.2. The Balaban J connectivity index is 2.30. The van der Waals surface area contributed by atoms with Crippen LogP contribution < -0.4 is 5.73 Å². The van der Waals surface area contributed by atoms with Gasteiger partial charge in [0, 0.05) is 11.2 Å². The number of thioether (sulfide) groups is 1. The van der Waals surface area contributed by atoms with E-state index in [0.717, 1.165) is 18.2 Å². The summed E-state index contributed by atoms with van der Waals surface area (Å²) in [6.45, 7) is 0. The molecule has 3 nitrogen and oxygen atoms in total. The van der Waals surface area contributed by atoms with Crippen LogP contribution in [0.2, 0.25) is 0 Å². The van der Waals surface area contributed by atoms with E-state index in [1.165, 1.54) is 0 Å². The zero-order valence-corrected chi connectivity index (χ0v) is 8.66. The Labute approximate surface area is 88.9 Å². The molecule has 0 aromatic heterocycles. The van der Waals surface area contributed by atoms with Crippen molar-refractivity contribution in [2.45, 2.75) is 42.3 Å². The second-order valence-electron chi connectivity index (χ2n) is 4.08. The first-order chi connectivity index (χ1) is 6.77. The maximum Gasteiger partial charge on any atom is 0.438 e. The van der Waals surface area contributed by atoms with Gasteiger partial charge in [-0.25, -0.2) is 4.99 Å². The smallest absolute Gasteiger partial charge is 0.378 e. The van der Waals surface area contributed by atoms with Gasteiger partial charge in [-0.05, 0) is 12.8 Å². The molecule has 1 fully saturated rings. The van der Waals surface area contributed by atoms with Crippen LogP contribution in [0.4, 0.5) is 13.2 Å². The molecule has 0 unspecified atom stereocenters. The Bertz CT molecular complexity index is 313. The van der Waals surface area contributed by atoms with Crippen molar-refractivity contribution in [3.8, 4) is 0 Å². The van der Waals surface area contributed by atoms with E-state index in [9.17, 15) is 18.3 Å². The summed E-state index contributed by atoms with van der Waals surface area (Å²) in [5.74, 6) is 0. The summed E-state index contributed by atoms with van der Waals surface area (Å²) in [6, 6.07) is 0. The lowest BCUT2D eigenvalue weighted by molar-refractivity contribution is -0.263. The molecule has 2 aliphatic rings. The van der Waals surface area contributed by atoms with Crippen molar-refractivity contribution in [2.75, 3.05) is 0 Å². The Morgan fingerprint density at radius 3 is 2.40 bits per heavy atom. The van der Waals surface area contributed by atoms with E-state index in [0.29, 0.717) is 12.8 Å². The molecule has 86 valence electrons. The molecule has 1 atom stereocenters. The van der Waals surface area contributed by atoms with E-state index in [1.54, 1.807) is 0 Å². The van der Waals surface area contributed by atoms with Crippen LogP contribution in [-0.2, 0) is 0 Å². The van der Waals surface area contributed by atoms with Crippen molar-refractivity contribution >= 4 is 16.9 Å². The topological polar surface area (TPSA) is 58.6 Å². The summed E-state index contributed by atoms with van der Waals surface area (Å²) in [7, 11) is 0. The molecule has 3 N–H and O–H groups in total. The van der Waals surface area contributed by atoms with E-state index in [1.807, 2.05) is 0 Å². The van der Waals surface area contributed by atoms with Gasteiger partial charge in [-0.3, -0.25) is 0 Å². The highest BCUT2D eigenvalue weighted by molar-refractivity contribution is 8.15. The lowest BCUT2D eigenvalue weighted by atomic mass is 9.78. The number of halogens is 3. The second kappa shape index (κ2) is 3.04. The van der Waals surface area contributed by atoms with Crippen LogP contribution in [-0.4, -0.2) is 26.9 Å². The molecule has 0 bridgehead atoms. The maximum atomic E-state index is 12.6. The normalized spacial score (nSPS) is 34.8. The minimum Gasteiger partial charge on any atom is -0.378 e. The first-order valence-corrected chi connectivity index (χ1v) is 5.42. The minimum atomic E-state index is -4.75. The second-order valence-corrected chi connectivity index (χ2v) is 5.57. The van der Waals surface area contributed by atoms with Crippen molar-refractivity contribution in [1.29, 1.82) is 0 Å². The van der Waals surface area contributed by atoms with Crippen LogP contribution in [0.5, 0.6) is 0 Å². The summed E-state index contributed by atoms with van der Waals surface area (Å²) in [4.78, 5) is 3.15. The fraction of sp³-hybridized carbons (Fsp3) is 0.875. The van der Waals surface area contributed by atoms with Gasteiger partial charge in [-0.15, -0.1) is 0 Å². The van der Waals surface area contributed by atoms with Gasteiger partial charge in [-0.1, -0.05) is 18.2 Å². The molecule has 15 heavy (non-hydrogen) atoms. The summed E-state index contributed by atoms with van der Waals surface area (Å²) >= 11 is 1.16. The van der Waals surface area contributed by atoms with E-state index in [-0.39, 0.29) is 11.6 Å². The zero-order valence-electron chi connectivity index (χ0n) is 7.84. The Kier molecular flexibility index (Phi) is 2.24. The summed E-state index contributed by atoms with van der Waals surface area (Å²) in [6.07, 6.45) is -2.93. The molecule has 7 heteroatoms. The summed E-state index contributed by atoms with van der Waals surface area (Å²) in [5, 5.41) is 9.31. The average Bonchev–Trinajstić information content (AvgIpc) is 1.97. The van der Waals surface area contributed by atoms with Gasteiger partial charge in [0.2, 0.25) is 0 Å². The Morgan fingerprint density at radius 1 is 1.40 bits per heavy atom. The number of amidine groups is 1. The first kappa shape index (κ1) is 11.1.